The van der Waals surface area contributed by atoms with Crippen LogP contribution >= 0.6 is 7.82 Å². The summed E-state index contributed by atoms with van der Waals surface area (Å²) in [7, 11) is -4.68. The zero-order valence-electron chi connectivity index (χ0n) is 17.2. The van der Waals surface area contributed by atoms with E-state index in [9.17, 15) is 9.36 Å². The average Bonchev–Trinajstić information content (AvgIpc) is 3.50. The van der Waals surface area contributed by atoms with Gasteiger partial charge in [-0.1, -0.05) is 12.1 Å². The van der Waals surface area contributed by atoms with Crippen molar-refractivity contribution in [2.24, 2.45) is 0 Å². The lowest BCUT2D eigenvalue weighted by atomic mass is 10.00. The first-order valence-corrected chi connectivity index (χ1v) is 11.6. The standard InChI is InChI=1S/C21H20FN4O6P/c22-19-8-16(26-11-17(32-21(26)27)12-31-33(28,29)30)3-4-18(19)13-1-2-14-9-25(10-15(14)7-13)20-23-5-6-24-20/h1-8,17H,9-12H2,(H,23,24)(H2,28,29,30)/t17-/m1/s1. The zero-order valence-corrected chi connectivity index (χ0v) is 18.1. The van der Waals surface area contributed by atoms with Crippen LogP contribution in [0.15, 0.2) is 48.8 Å². The first-order valence-electron chi connectivity index (χ1n) is 10.1. The van der Waals surface area contributed by atoms with Crippen LogP contribution < -0.4 is 9.80 Å². The van der Waals surface area contributed by atoms with Crippen LogP contribution in [0.4, 0.5) is 20.8 Å². The molecule has 12 heteroatoms. The van der Waals surface area contributed by atoms with Gasteiger partial charge in [-0.05, 0) is 41.0 Å². The van der Waals surface area contributed by atoms with Crippen LogP contribution in [0.25, 0.3) is 11.1 Å². The SMILES string of the molecule is O=C1O[C@@H](COP(=O)(O)O)CN1c1ccc(-c2ccc3c(c2)CN(c2ncc[nH]2)C3)c(F)c1. The summed E-state index contributed by atoms with van der Waals surface area (Å²) < 4.78 is 35.3. The van der Waals surface area contributed by atoms with Crippen molar-refractivity contribution >= 4 is 25.6 Å². The normalized spacial score (nSPS) is 18.0. The molecule has 1 saturated heterocycles. The maximum absolute atomic E-state index is 15.0. The third kappa shape index (κ3) is 4.49. The second-order valence-corrected chi connectivity index (χ2v) is 9.06. The highest BCUT2D eigenvalue weighted by Crippen LogP contribution is 2.37. The van der Waals surface area contributed by atoms with Gasteiger partial charge in [0.2, 0.25) is 5.95 Å². The number of aromatic amines is 1. The number of phosphoric acid groups is 1. The number of cyclic esters (lactones) is 1. The van der Waals surface area contributed by atoms with Crippen LogP contribution in [0.3, 0.4) is 0 Å². The number of imidazole rings is 1. The number of amides is 1. The summed E-state index contributed by atoms with van der Waals surface area (Å²) in [5.41, 5.74) is 3.63. The number of carbonyl (C=O) groups is 1. The Bertz CT molecular complexity index is 1250. The first kappa shape index (κ1) is 21.6. The van der Waals surface area contributed by atoms with Gasteiger partial charge in [0, 0.05) is 31.0 Å². The molecule has 0 radical (unpaired) electrons. The van der Waals surface area contributed by atoms with E-state index in [1.165, 1.54) is 11.0 Å². The molecule has 3 heterocycles. The Morgan fingerprint density at radius 3 is 2.76 bits per heavy atom. The Hall–Kier alpha value is -3.24. The first-order chi connectivity index (χ1) is 15.8. The van der Waals surface area contributed by atoms with E-state index in [1.807, 2.05) is 18.2 Å². The summed E-state index contributed by atoms with van der Waals surface area (Å²) in [6, 6.07) is 10.2. The molecule has 3 aromatic rings. The van der Waals surface area contributed by atoms with Gasteiger partial charge in [0.25, 0.3) is 0 Å². The van der Waals surface area contributed by atoms with Crippen LogP contribution in [0.5, 0.6) is 0 Å². The highest BCUT2D eigenvalue weighted by molar-refractivity contribution is 7.46. The molecule has 1 amide bonds. The van der Waals surface area contributed by atoms with Crippen LogP contribution in [-0.2, 0) is 26.9 Å². The minimum atomic E-state index is -4.68. The Morgan fingerprint density at radius 2 is 2.03 bits per heavy atom. The van der Waals surface area contributed by atoms with E-state index in [0.717, 1.165) is 22.6 Å². The summed E-state index contributed by atoms with van der Waals surface area (Å²) in [5, 5.41) is 0. The van der Waals surface area contributed by atoms with Crippen molar-refractivity contribution in [3.05, 3.63) is 65.7 Å². The number of hydrogen-bond donors (Lipinski definition) is 3. The van der Waals surface area contributed by atoms with Gasteiger partial charge < -0.3 is 24.4 Å². The quantitative estimate of drug-likeness (QED) is 0.465. The van der Waals surface area contributed by atoms with Gasteiger partial charge in [-0.15, -0.1) is 0 Å². The number of fused-ring (bicyclic) bond motifs is 1. The van der Waals surface area contributed by atoms with Crippen LogP contribution in [0.1, 0.15) is 11.1 Å². The fraction of sp³-hybridized carbons (Fsp3) is 0.238. The number of H-pyrrole nitrogens is 1. The Balaban J connectivity index is 1.32. The molecule has 3 N–H and O–H groups in total. The molecule has 0 aliphatic carbocycles. The maximum atomic E-state index is 15.0. The van der Waals surface area contributed by atoms with E-state index in [4.69, 9.17) is 14.5 Å². The highest BCUT2D eigenvalue weighted by atomic mass is 31.2. The fourth-order valence-electron chi connectivity index (χ4n) is 4.05. The molecule has 1 aromatic heterocycles. The third-order valence-electron chi connectivity index (χ3n) is 5.59. The number of benzene rings is 2. The van der Waals surface area contributed by atoms with Crippen LogP contribution in [0, 0.1) is 5.82 Å². The molecule has 33 heavy (non-hydrogen) atoms. The largest absolute Gasteiger partial charge is 0.469 e. The van der Waals surface area contributed by atoms with Crippen molar-refractivity contribution in [2.45, 2.75) is 19.2 Å². The van der Waals surface area contributed by atoms with Gasteiger partial charge in [-0.2, -0.15) is 0 Å². The van der Waals surface area contributed by atoms with Crippen molar-refractivity contribution in [1.29, 1.82) is 0 Å². The summed E-state index contributed by atoms with van der Waals surface area (Å²) in [4.78, 5) is 40.4. The zero-order chi connectivity index (χ0) is 23.2. The molecule has 1 atom stereocenters. The monoisotopic (exact) mass is 474 g/mol. The molecular formula is C21H20FN4O6P. The summed E-state index contributed by atoms with van der Waals surface area (Å²) in [6.07, 6.45) is 1.85. The Kier molecular flexibility index (Phi) is 5.41. The van der Waals surface area contributed by atoms with E-state index in [1.54, 1.807) is 24.5 Å². The van der Waals surface area contributed by atoms with E-state index in [0.29, 0.717) is 18.7 Å². The number of ether oxygens (including phenoxy) is 1. The third-order valence-corrected chi connectivity index (χ3v) is 6.08. The Morgan fingerprint density at radius 1 is 1.21 bits per heavy atom. The smallest absolute Gasteiger partial charge is 0.441 e. The topological polar surface area (TPSA) is 128 Å². The van der Waals surface area contributed by atoms with Gasteiger partial charge in [-0.25, -0.2) is 18.7 Å². The molecule has 172 valence electrons. The molecule has 0 unspecified atom stereocenters. The lowest BCUT2D eigenvalue weighted by molar-refractivity contribution is 0.0880. The second kappa shape index (κ2) is 8.27. The van der Waals surface area contributed by atoms with Crippen molar-refractivity contribution < 1.29 is 32.8 Å². The Labute approximate surface area is 187 Å². The number of nitrogens with zero attached hydrogens (tertiary/aromatic N) is 3. The molecule has 0 saturated carbocycles. The molecule has 0 bridgehead atoms. The second-order valence-electron chi connectivity index (χ2n) is 7.82. The highest BCUT2D eigenvalue weighted by Gasteiger charge is 2.34. The van der Waals surface area contributed by atoms with Gasteiger partial charge in [-0.3, -0.25) is 9.42 Å². The van der Waals surface area contributed by atoms with Crippen molar-refractivity contribution in [2.75, 3.05) is 23.0 Å². The number of nitrogens with one attached hydrogen (secondary N) is 1. The number of phosphoric ester groups is 1. The van der Waals surface area contributed by atoms with E-state index in [-0.39, 0.29) is 12.2 Å². The summed E-state index contributed by atoms with van der Waals surface area (Å²) in [5.74, 6) is 0.279. The molecule has 2 aromatic carbocycles. The summed E-state index contributed by atoms with van der Waals surface area (Å²) in [6.45, 7) is 0.902. The fourth-order valence-corrected chi connectivity index (χ4v) is 4.41. The van der Waals surface area contributed by atoms with E-state index >= 15 is 4.39 Å². The minimum absolute atomic E-state index is 0.0148. The van der Waals surface area contributed by atoms with Gasteiger partial charge in [0.1, 0.15) is 11.9 Å². The van der Waals surface area contributed by atoms with Crippen molar-refractivity contribution in [1.82, 2.24) is 9.97 Å². The predicted octanol–water partition coefficient (Wildman–Crippen LogP) is 3.17. The number of aromatic nitrogens is 2. The lowest BCUT2D eigenvalue weighted by Gasteiger charge is -2.15. The van der Waals surface area contributed by atoms with Crippen molar-refractivity contribution in [3.8, 4) is 11.1 Å². The molecule has 0 spiro atoms. The van der Waals surface area contributed by atoms with E-state index < -0.39 is 32.4 Å². The number of halogens is 1. The molecule has 10 nitrogen and oxygen atoms in total. The summed E-state index contributed by atoms with van der Waals surface area (Å²) >= 11 is 0. The number of anilines is 2. The molecule has 1 fully saturated rings. The van der Waals surface area contributed by atoms with E-state index in [2.05, 4.69) is 19.4 Å². The minimum Gasteiger partial charge on any atom is -0.441 e. The van der Waals surface area contributed by atoms with Gasteiger partial charge in [0.15, 0.2) is 0 Å². The average molecular weight is 474 g/mol. The predicted molar refractivity (Wildman–Crippen MR) is 116 cm³/mol. The van der Waals surface area contributed by atoms with Crippen LogP contribution in [0.2, 0.25) is 0 Å². The van der Waals surface area contributed by atoms with Crippen LogP contribution in [-0.4, -0.2) is 45.1 Å². The van der Waals surface area contributed by atoms with Gasteiger partial charge >= 0.3 is 13.9 Å². The number of rotatable bonds is 6. The molecule has 2 aliphatic heterocycles. The molecule has 2 aliphatic rings. The lowest BCUT2D eigenvalue weighted by Crippen LogP contribution is -2.25. The maximum Gasteiger partial charge on any atom is 0.469 e. The molecule has 5 rings (SSSR count). The molecular weight excluding hydrogens is 454 g/mol. The number of hydrogen-bond acceptors (Lipinski definition) is 6. The number of carbonyl (C=O) groups excluding carboxylic acids is 1. The van der Waals surface area contributed by atoms with Crippen molar-refractivity contribution in [3.63, 3.8) is 0 Å². The van der Waals surface area contributed by atoms with Gasteiger partial charge in [0.05, 0.1) is 18.8 Å².